The molecule has 2 unspecified atom stereocenters. The van der Waals surface area contributed by atoms with Crippen molar-refractivity contribution in [2.45, 2.75) is 38.9 Å². The minimum Gasteiger partial charge on any atom is -0.658 e. The molecule has 0 spiro atoms. The summed E-state index contributed by atoms with van der Waals surface area (Å²) in [6.07, 6.45) is 0. The SMILES string of the molecule is C[N-][C@@H](c1ccccc1)[C@@H](C)CN1CC(C)NC(C)C1. The Kier molecular flexibility index (Phi) is 5.58. The molecule has 1 heterocycles. The average molecular weight is 274 g/mol. The first-order chi connectivity index (χ1) is 9.60. The van der Waals surface area contributed by atoms with Crippen LogP contribution in [0.3, 0.4) is 0 Å². The van der Waals surface area contributed by atoms with Gasteiger partial charge in [0, 0.05) is 25.2 Å². The lowest BCUT2D eigenvalue weighted by Gasteiger charge is -2.41. The van der Waals surface area contributed by atoms with E-state index in [4.69, 9.17) is 0 Å². The van der Waals surface area contributed by atoms with Gasteiger partial charge in [-0.05, 0) is 26.3 Å². The fraction of sp³-hybridized carbons (Fsp3) is 0.647. The monoisotopic (exact) mass is 274 g/mol. The summed E-state index contributed by atoms with van der Waals surface area (Å²) in [6, 6.07) is 12.1. The van der Waals surface area contributed by atoms with E-state index in [-0.39, 0.29) is 0 Å². The summed E-state index contributed by atoms with van der Waals surface area (Å²) >= 11 is 0. The van der Waals surface area contributed by atoms with Crippen LogP contribution in [0.25, 0.3) is 5.32 Å². The van der Waals surface area contributed by atoms with E-state index >= 15 is 0 Å². The molecule has 1 aliphatic heterocycles. The topological polar surface area (TPSA) is 29.4 Å². The average Bonchev–Trinajstić information content (AvgIpc) is 2.39. The third kappa shape index (κ3) is 4.05. The predicted octanol–water partition coefficient (Wildman–Crippen LogP) is 3.05. The number of nitrogens with zero attached hydrogens (tertiary/aromatic N) is 2. The fourth-order valence-corrected chi connectivity index (χ4v) is 3.48. The van der Waals surface area contributed by atoms with Crippen molar-refractivity contribution in [2.24, 2.45) is 5.92 Å². The van der Waals surface area contributed by atoms with Gasteiger partial charge in [0.1, 0.15) is 0 Å². The zero-order valence-corrected chi connectivity index (χ0v) is 13.2. The molecule has 0 bridgehead atoms. The Balaban J connectivity index is 1.97. The Morgan fingerprint density at radius 2 is 1.80 bits per heavy atom. The maximum atomic E-state index is 4.62. The number of rotatable bonds is 5. The van der Waals surface area contributed by atoms with Crippen LogP contribution in [0.5, 0.6) is 0 Å². The van der Waals surface area contributed by atoms with Crippen LogP contribution in [0, 0.1) is 5.92 Å². The molecule has 1 N–H and O–H groups in total. The standard InChI is InChI=1S/C17H28N3/c1-13(10-20-11-14(2)19-15(3)12-20)17(18-4)16-8-6-5-7-9-16/h5-9,13-15,17,19H,10-12H2,1-4H3/q-1/t13-,14?,15?,17+/m0/s1. The first kappa shape index (κ1) is 15.5. The van der Waals surface area contributed by atoms with Crippen molar-refractivity contribution in [1.82, 2.24) is 10.2 Å². The van der Waals surface area contributed by atoms with Crippen molar-refractivity contribution < 1.29 is 0 Å². The van der Waals surface area contributed by atoms with Crippen LogP contribution < -0.4 is 5.32 Å². The largest absolute Gasteiger partial charge is 0.658 e. The van der Waals surface area contributed by atoms with Crippen molar-refractivity contribution in [3.63, 3.8) is 0 Å². The van der Waals surface area contributed by atoms with Crippen LogP contribution in [0.4, 0.5) is 0 Å². The van der Waals surface area contributed by atoms with Gasteiger partial charge in [-0.2, -0.15) is 7.05 Å². The lowest BCUT2D eigenvalue weighted by atomic mass is 9.93. The van der Waals surface area contributed by atoms with Gasteiger partial charge >= 0.3 is 0 Å². The van der Waals surface area contributed by atoms with Gasteiger partial charge in [-0.3, -0.25) is 0 Å². The summed E-state index contributed by atoms with van der Waals surface area (Å²) in [7, 11) is 1.94. The molecule has 3 nitrogen and oxygen atoms in total. The smallest absolute Gasteiger partial charge is 0.0169 e. The maximum Gasteiger partial charge on any atom is 0.0169 e. The summed E-state index contributed by atoms with van der Waals surface area (Å²) in [5.74, 6) is 0.542. The summed E-state index contributed by atoms with van der Waals surface area (Å²) in [6.45, 7) is 10.3. The Bertz CT molecular complexity index is 382. The molecule has 3 heteroatoms. The molecule has 4 atom stereocenters. The van der Waals surface area contributed by atoms with Gasteiger partial charge in [-0.1, -0.05) is 42.8 Å². The molecule has 1 fully saturated rings. The number of piperazine rings is 1. The molecule has 0 aliphatic carbocycles. The summed E-state index contributed by atoms with van der Waals surface area (Å²) < 4.78 is 0. The number of benzene rings is 1. The van der Waals surface area contributed by atoms with Crippen LogP contribution in [0.15, 0.2) is 30.3 Å². The first-order valence-electron chi connectivity index (χ1n) is 7.72. The summed E-state index contributed by atoms with van der Waals surface area (Å²) in [5, 5.41) is 8.21. The molecule has 1 aliphatic rings. The van der Waals surface area contributed by atoms with E-state index in [1.54, 1.807) is 0 Å². The molecule has 2 rings (SSSR count). The molecule has 112 valence electrons. The highest BCUT2D eigenvalue weighted by Crippen LogP contribution is 2.29. The zero-order valence-electron chi connectivity index (χ0n) is 13.2. The third-order valence-corrected chi connectivity index (χ3v) is 4.14. The van der Waals surface area contributed by atoms with E-state index in [1.165, 1.54) is 5.56 Å². The number of hydrogen-bond donors (Lipinski definition) is 1. The van der Waals surface area contributed by atoms with Crippen molar-refractivity contribution in [3.05, 3.63) is 41.2 Å². The number of hydrogen-bond acceptors (Lipinski definition) is 2. The quantitative estimate of drug-likeness (QED) is 0.894. The van der Waals surface area contributed by atoms with E-state index in [1.807, 2.05) is 7.05 Å². The van der Waals surface area contributed by atoms with Gasteiger partial charge < -0.3 is 15.5 Å². The normalized spacial score (nSPS) is 27.2. The second kappa shape index (κ2) is 7.21. The molecule has 0 amide bonds. The highest BCUT2D eigenvalue weighted by Gasteiger charge is 2.23. The third-order valence-electron chi connectivity index (χ3n) is 4.14. The second-order valence-electron chi connectivity index (χ2n) is 6.28. The maximum absolute atomic E-state index is 4.62. The van der Waals surface area contributed by atoms with Crippen molar-refractivity contribution in [3.8, 4) is 0 Å². The van der Waals surface area contributed by atoms with Gasteiger partial charge in [-0.15, -0.1) is 6.04 Å². The highest BCUT2D eigenvalue weighted by molar-refractivity contribution is 5.23. The molecule has 1 aromatic carbocycles. The van der Waals surface area contributed by atoms with Crippen molar-refractivity contribution in [1.29, 1.82) is 0 Å². The van der Waals surface area contributed by atoms with E-state index in [9.17, 15) is 0 Å². The Morgan fingerprint density at radius 1 is 1.20 bits per heavy atom. The van der Waals surface area contributed by atoms with Crippen LogP contribution in [-0.2, 0) is 0 Å². The fourth-order valence-electron chi connectivity index (χ4n) is 3.48. The van der Waals surface area contributed by atoms with Gasteiger partial charge in [-0.25, -0.2) is 0 Å². The molecule has 20 heavy (non-hydrogen) atoms. The lowest BCUT2D eigenvalue weighted by Crippen LogP contribution is -2.55. The minimum absolute atomic E-state index is 0.302. The Hall–Kier alpha value is -0.900. The Labute approximate surface area is 123 Å². The van der Waals surface area contributed by atoms with Crippen LogP contribution in [0.2, 0.25) is 0 Å². The van der Waals surface area contributed by atoms with Crippen LogP contribution in [-0.4, -0.2) is 43.7 Å². The van der Waals surface area contributed by atoms with E-state index in [0.29, 0.717) is 24.0 Å². The Morgan fingerprint density at radius 3 is 2.35 bits per heavy atom. The minimum atomic E-state index is 0.302. The molecule has 0 aromatic heterocycles. The second-order valence-corrected chi connectivity index (χ2v) is 6.28. The van der Waals surface area contributed by atoms with Crippen molar-refractivity contribution >= 4 is 0 Å². The van der Waals surface area contributed by atoms with Crippen molar-refractivity contribution in [2.75, 3.05) is 26.7 Å². The summed E-state index contributed by atoms with van der Waals surface area (Å²) in [4.78, 5) is 2.58. The highest BCUT2D eigenvalue weighted by atomic mass is 15.2. The molecule has 0 saturated carbocycles. The first-order valence-corrected chi connectivity index (χ1v) is 7.72. The number of nitrogens with one attached hydrogen (secondary N) is 1. The van der Waals surface area contributed by atoms with Crippen LogP contribution >= 0.6 is 0 Å². The van der Waals surface area contributed by atoms with E-state index < -0.39 is 0 Å². The van der Waals surface area contributed by atoms with E-state index in [0.717, 1.165) is 19.6 Å². The molecular formula is C17H28N3-. The van der Waals surface area contributed by atoms with Gasteiger partial charge in [0.15, 0.2) is 0 Å². The zero-order chi connectivity index (χ0) is 14.5. The van der Waals surface area contributed by atoms with Gasteiger partial charge in [0.25, 0.3) is 0 Å². The van der Waals surface area contributed by atoms with E-state index in [2.05, 4.69) is 66.6 Å². The van der Waals surface area contributed by atoms with Gasteiger partial charge in [0.2, 0.25) is 0 Å². The summed E-state index contributed by atoms with van der Waals surface area (Å²) in [5.41, 5.74) is 1.33. The molecule has 1 saturated heterocycles. The molecule has 0 radical (unpaired) electrons. The van der Waals surface area contributed by atoms with Crippen LogP contribution in [0.1, 0.15) is 32.4 Å². The molecular weight excluding hydrogens is 246 g/mol. The molecule has 1 aromatic rings. The van der Waals surface area contributed by atoms with Gasteiger partial charge in [0.05, 0.1) is 0 Å². The lowest BCUT2D eigenvalue weighted by molar-refractivity contribution is 0.150. The predicted molar refractivity (Wildman–Crippen MR) is 86.1 cm³/mol.